The van der Waals surface area contributed by atoms with E-state index in [4.69, 9.17) is 12.2 Å². The zero-order valence-corrected chi connectivity index (χ0v) is 18.0. The number of benzene rings is 1. The van der Waals surface area contributed by atoms with Crippen molar-refractivity contribution in [2.45, 2.75) is 18.5 Å². The molecule has 1 aliphatic rings. The van der Waals surface area contributed by atoms with E-state index >= 15 is 0 Å². The fourth-order valence-corrected chi connectivity index (χ4v) is 4.35. The van der Waals surface area contributed by atoms with Gasteiger partial charge >= 0.3 is 0 Å². The summed E-state index contributed by atoms with van der Waals surface area (Å²) < 4.78 is 16.0. The molecule has 1 fully saturated rings. The summed E-state index contributed by atoms with van der Waals surface area (Å²) in [5, 5.41) is 4.20. The second kappa shape index (κ2) is 8.93. The third kappa shape index (κ3) is 4.22. The van der Waals surface area contributed by atoms with E-state index in [0.717, 1.165) is 41.7 Å². The van der Waals surface area contributed by atoms with Gasteiger partial charge in [0.2, 0.25) is 0 Å². The van der Waals surface area contributed by atoms with Crippen LogP contribution < -0.4 is 5.32 Å². The Balaban J connectivity index is 1.74. The fourth-order valence-electron chi connectivity index (χ4n) is 4.02. The van der Waals surface area contributed by atoms with E-state index in [9.17, 15) is 4.39 Å². The standard InChI is InChI=1S/C23H26FN5S/c1-27(2)13-7-15-29-22(21(26-23(29)30)19-10-3-4-12-25-19)20-11-6-14-28(20)18-9-5-8-17(24)16-18/h3-6,8-12,14,16,21-22H,7,13,15H2,1-2H3,(H,26,30)/t21-,22-/m0/s1. The number of thiocarbonyl (C=S) groups is 1. The maximum atomic E-state index is 13.9. The maximum absolute atomic E-state index is 13.9. The number of nitrogens with zero attached hydrogens (tertiary/aromatic N) is 4. The predicted octanol–water partition coefficient (Wildman–Crippen LogP) is 3.94. The predicted molar refractivity (Wildman–Crippen MR) is 121 cm³/mol. The van der Waals surface area contributed by atoms with Gasteiger partial charge in [0.25, 0.3) is 0 Å². The Hall–Kier alpha value is -2.77. The van der Waals surface area contributed by atoms with E-state index in [-0.39, 0.29) is 17.9 Å². The van der Waals surface area contributed by atoms with Crippen molar-refractivity contribution in [3.63, 3.8) is 0 Å². The number of nitrogens with one attached hydrogen (secondary N) is 1. The summed E-state index contributed by atoms with van der Waals surface area (Å²) in [6.07, 6.45) is 4.76. The first kappa shape index (κ1) is 20.5. The van der Waals surface area contributed by atoms with E-state index in [1.807, 2.05) is 41.1 Å². The normalized spacial score (nSPS) is 18.8. The number of hydrogen-bond donors (Lipinski definition) is 1. The highest BCUT2D eigenvalue weighted by molar-refractivity contribution is 7.80. The summed E-state index contributed by atoms with van der Waals surface area (Å²) in [5.41, 5.74) is 2.78. The van der Waals surface area contributed by atoms with Crippen LogP contribution in [0.5, 0.6) is 0 Å². The molecule has 7 heteroatoms. The summed E-state index contributed by atoms with van der Waals surface area (Å²) in [7, 11) is 4.15. The Morgan fingerprint density at radius 2 is 2.00 bits per heavy atom. The number of hydrogen-bond acceptors (Lipinski definition) is 3. The van der Waals surface area contributed by atoms with Gasteiger partial charge in [-0.1, -0.05) is 12.1 Å². The molecule has 1 saturated heterocycles. The Kier molecular flexibility index (Phi) is 6.11. The first-order chi connectivity index (χ1) is 14.5. The van der Waals surface area contributed by atoms with Crippen molar-refractivity contribution >= 4 is 17.3 Å². The van der Waals surface area contributed by atoms with Crippen LogP contribution >= 0.6 is 12.2 Å². The Morgan fingerprint density at radius 3 is 2.73 bits per heavy atom. The second-order valence-corrected chi connectivity index (χ2v) is 8.15. The number of halogens is 1. The molecule has 156 valence electrons. The molecule has 1 N–H and O–H groups in total. The molecule has 1 aliphatic heterocycles. The minimum atomic E-state index is -0.253. The zero-order valence-electron chi connectivity index (χ0n) is 17.2. The van der Waals surface area contributed by atoms with Crippen LogP contribution in [-0.4, -0.2) is 51.6 Å². The lowest BCUT2D eigenvalue weighted by Gasteiger charge is -2.29. The summed E-state index contributed by atoms with van der Waals surface area (Å²) in [6.45, 7) is 1.80. The summed E-state index contributed by atoms with van der Waals surface area (Å²) >= 11 is 5.73. The van der Waals surface area contributed by atoms with Crippen molar-refractivity contribution in [3.8, 4) is 5.69 Å². The van der Waals surface area contributed by atoms with Crippen LogP contribution in [0.2, 0.25) is 0 Å². The first-order valence-electron chi connectivity index (χ1n) is 10.1. The molecule has 0 unspecified atom stereocenters. The van der Waals surface area contributed by atoms with E-state index in [1.54, 1.807) is 18.3 Å². The van der Waals surface area contributed by atoms with Crippen LogP contribution in [0.3, 0.4) is 0 Å². The molecule has 3 aromatic rings. The van der Waals surface area contributed by atoms with Gasteiger partial charge in [0.15, 0.2) is 5.11 Å². The van der Waals surface area contributed by atoms with Gasteiger partial charge in [0.05, 0.1) is 17.8 Å². The van der Waals surface area contributed by atoms with Gasteiger partial charge < -0.3 is 19.7 Å². The van der Waals surface area contributed by atoms with E-state index in [0.29, 0.717) is 0 Å². The van der Waals surface area contributed by atoms with Gasteiger partial charge in [-0.15, -0.1) is 0 Å². The average molecular weight is 424 g/mol. The molecular formula is C23H26FN5S. The van der Waals surface area contributed by atoms with Crippen molar-refractivity contribution in [2.75, 3.05) is 27.2 Å². The first-order valence-corrected chi connectivity index (χ1v) is 10.5. The lowest BCUT2D eigenvalue weighted by Crippen LogP contribution is -2.33. The molecule has 0 radical (unpaired) electrons. The van der Waals surface area contributed by atoms with Crippen molar-refractivity contribution in [2.24, 2.45) is 0 Å². The third-order valence-electron chi connectivity index (χ3n) is 5.37. The van der Waals surface area contributed by atoms with Crippen LogP contribution in [-0.2, 0) is 0 Å². The molecule has 3 heterocycles. The quantitative estimate of drug-likeness (QED) is 0.583. The minimum absolute atomic E-state index is 0.0483. The molecule has 0 aliphatic carbocycles. The molecule has 5 nitrogen and oxygen atoms in total. The van der Waals surface area contributed by atoms with Gasteiger partial charge in [-0.3, -0.25) is 4.98 Å². The molecule has 0 saturated carbocycles. The zero-order chi connectivity index (χ0) is 21.1. The van der Waals surface area contributed by atoms with Gasteiger partial charge in [0, 0.05) is 30.3 Å². The van der Waals surface area contributed by atoms with Crippen LogP contribution in [0.15, 0.2) is 67.0 Å². The molecule has 0 spiro atoms. The van der Waals surface area contributed by atoms with E-state index in [1.165, 1.54) is 6.07 Å². The van der Waals surface area contributed by atoms with Gasteiger partial charge in [-0.05, 0) is 81.7 Å². The highest BCUT2D eigenvalue weighted by Gasteiger charge is 2.40. The van der Waals surface area contributed by atoms with Crippen molar-refractivity contribution in [1.82, 2.24) is 24.7 Å². The van der Waals surface area contributed by atoms with Gasteiger partial charge in [0.1, 0.15) is 5.82 Å². The van der Waals surface area contributed by atoms with Gasteiger partial charge in [-0.2, -0.15) is 0 Å². The van der Waals surface area contributed by atoms with Crippen LogP contribution in [0.4, 0.5) is 4.39 Å². The molecule has 0 bridgehead atoms. The molecule has 30 heavy (non-hydrogen) atoms. The summed E-state index contributed by atoms with van der Waals surface area (Å²) in [4.78, 5) is 9.00. The molecule has 2 atom stereocenters. The molecule has 0 amide bonds. The van der Waals surface area contributed by atoms with Crippen molar-refractivity contribution < 1.29 is 4.39 Å². The van der Waals surface area contributed by atoms with Crippen molar-refractivity contribution in [3.05, 3.63) is 84.2 Å². The Morgan fingerprint density at radius 1 is 1.13 bits per heavy atom. The minimum Gasteiger partial charge on any atom is -0.352 e. The smallest absolute Gasteiger partial charge is 0.170 e. The van der Waals surface area contributed by atoms with Crippen LogP contribution in [0.25, 0.3) is 5.69 Å². The lowest BCUT2D eigenvalue weighted by molar-refractivity contribution is 0.286. The van der Waals surface area contributed by atoms with E-state index in [2.05, 4.69) is 40.3 Å². The number of aromatic nitrogens is 2. The Bertz CT molecular complexity index is 1000. The highest BCUT2D eigenvalue weighted by Crippen LogP contribution is 2.39. The summed E-state index contributed by atoms with van der Waals surface area (Å²) in [6, 6.07) is 16.5. The number of rotatable bonds is 7. The third-order valence-corrected chi connectivity index (χ3v) is 5.72. The average Bonchev–Trinajstić information content (AvgIpc) is 3.33. The Labute approximate surface area is 182 Å². The molecule has 2 aromatic heterocycles. The molecule has 1 aromatic carbocycles. The van der Waals surface area contributed by atoms with Crippen molar-refractivity contribution in [1.29, 1.82) is 0 Å². The SMILES string of the molecule is CN(C)CCCN1C(=S)N[C@@H](c2ccccn2)[C@@H]1c1cccn1-c1cccc(F)c1. The summed E-state index contributed by atoms with van der Waals surface area (Å²) in [5.74, 6) is -0.253. The monoisotopic (exact) mass is 423 g/mol. The van der Waals surface area contributed by atoms with Crippen LogP contribution in [0, 0.1) is 5.82 Å². The molecule has 4 rings (SSSR count). The van der Waals surface area contributed by atoms with Crippen LogP contribution in [0.1, 0.15) is 29.9 Å². The topological polar surface area (TPSA) is 36.3 Å². The number of pyridine rings is 1. The lowest BCUT2D eigenvalue weighted by atomic mass is 10.0. The highest BCUT2D eigenvalue weighted by atomic mass is 32.1. The second-order valence-electron chi connectivity index (χ2n) is 7.76. The maximum Gasteiger partial charge on any atom is 0.170 e. The van der Waals surface area contributed by atoms with E-state index < -0.39 is 0 Å². The van der Waals surface area contributed by atoms with Gasteiger partial charge in [-0.25, -0.2) is 4.39 Å². The fraction of sp³-hybridized carbons (Fsp3) is 0.304. The molecular weight excluding hydrogens is 397 g/mol. The largest absolute Gasteiger partial charge is 0.352 e.